The van der Waals surface area contributed by atoms with Crippen LogP contribution in [0, 0.1) is 5.92 Å². The molecule has 8 nitrogen and oxygen atoms in total. The number of fused-ring (bicyclic) bond motifs is 2. The topological polar surface area (TPSA) is 109 Å². The third-order valence-corrected chi connectivity index (χ3v) is 9.52. The molecule has 40 heavy (non-hydrogen) atoms. The van der Waals surface area contributed by atoms with Crippen LogP contribution in [0.1, 0.15) is 16.4 Å². The molecule has 0 unspecified atom stereocenters. The number of nitrogens with one attached hydrogen (secondary N) is 2. The van der Waals surface area contributed by atoms with Gasteiger partial charge < -0.3 is 15.0 Å². The number of thiazole rings is 1. The van der Waals surface area contributed by atoms with Crippen molar-refractivity contribution in [1.29, 1.82) is 0 Å². The third-order valence-electron chi connectivity index (χ3n) is 6.63. The highest BCUT2D eigenvalue weighted by Crippen LogP contribution is 2.54. The standard InChI is InChI=1S/C28H19Cl2N3O5S2/c29-14-6-9-16(10-7-14)31-20(34)13-38-19-11-8-15(30)12-18(19)21-22-24(39-25-23(21)40-28(37)32-25)27(36)33(26(22)35)17-4-2-1-3-5-17/h1-12,21-22,24H,13H2,(H,31,34)(H,32,37)/t21-,22-,24+/m0/s1. The van der Waals surface area contributed by atoms with Crippen molar-refractivity contribution < 1.29 is 19.1 Å². The Hall–Kier alpha value is -3.57. The van der Waals surface area contributed by atoms with Gasteiger partial charge in [-0.2, -0.15) is 0 Å². The second-order valence-electron chi connectivity index (χ2n) is 9.12. The van der Waals surface area contributed by atoms with Crippen LogP contribution in [-0.2, 0) is 14.4 Å². The van der Waals surface area contributed by atoms with Gasteiger partial charge in [0.1, 0.15) is 11.0 Å². The molecule has 202 valence electrons. The molecule has 2 aliphatic heterocycles. The largest absolute Gasteiger partial charge is 0.483 e. The van der Waals surface area contributed by atoms with Crippen molar-refractivity contribution in [2.45, 2.75) is 16.2 Å². The van der Waals surface area contributed by atoms with Gasteiger partial charge in [-0.1, -0.05) is 64.5 Å². The number of benzene rings is 3. The van der Waals surface area contributed by atoms with Gasteiger partial charge in [-0.25, -0.2) is 4.90 Å². The average molecular weight is 613 g/mol. The molecule has 0 bridgehead atoms. The zero-order valence-electron chi connectivity index (χ0n) is 20.4. The highest BCUT2D eigenvalue weighted by molar-refractivity contribution is 8.00. The number of halogens is 2. The molecule has 1 saturated heterocycles. The van der Waals surface area contributed by atoms with E-state index in [2.05, 4.69) is 10.3 Å². The fourth-order valence-corrected chi connectivity index (χ4v) is 7.76. The van der Waals surface area contributed by atoms with Crippen LogP contribution in [0.2, 0.25) is 10.0 Å². The molecule has 12 heteroatoms. The lowest BCUT2D eigenvalue weighted by molar-refractivity contribution is -0.122. The Balaban J connectivity index is 1.36. The normalized spacial score (nSPS) is 19.8. The van der Waals surface area contributed by atoms with Crippen LogP contribution in [-0.4, -0.2) is 34.6 Å². The van der Waals surface area contributed by atoms with Crippen LogP contribution < -0.4 is 19.8 Å². The number of aromatic nitrogens is 1. The Kier molecular flexibility index (Phi) is 7.18. The summed E-state index contributed by atoms with van der Waals surface area (Å²) < 4.78 is 5.95. The van der Waals surface area contributed by atoms with E-state index in [1.54, 1.807) is 72.8 Å². The van der Waals surface area contributed by atoms with Gasteiger partial charge in [0.05, 0.1) is 16.6 Å². The van der Waals surface area contributed by atoms with E-state index in [4.69, 9.17) is 27.9 Å². The van der Waals surface area contributed by atoms with Gasteiger partial charge in [-0.15, -0.1) is 0 Å². The zero-order valence-corrected chi connectivity index (χ0v) is 23.6. The van der Waals surface area contributed by atoms with E-state index in [1.807, 2.05) is 0 Å². The second kappa shape index (κ2) is 10.8. The molecular weight excluding hydrogens is 593 g/mol. The number of rotatable bonds is 6. The highest BCUT2D eigenvalue weighted by Gasteiger charge is 2.56. The van der Waals surface area contributed by atoms with Gasteiger partial charge in [0.2, 0.25) is 11.8 Å². The summed E-state index contributed by atoms with van der Waals surface area (Å²) in [5.41, 5.74) is 1.54. The van der Waals surface area contributed by atoms with Crippen molar-refractivity contribution >= 4 is 75.4 Å². The second-order valence-corrected chi connectivity index (χ2v) is 12.2. The molecule has 1 fully saturated rings. The molecule has 6 rings (SSSR count). The van der Waals surface area contributed by atoms with Gasteiger partial charge in [-0.05, 0) is 54.6 Å². The van der Waals surface area contributed by atoms with Crippen LogP contribution >= 0.6 is 46.3 Å². The van der Waals surface area contributed by atoms with Crippen LogP contribution in [0.15, 0.2) is 82.6 Å². The Labute approximate surface area is 246 Å². The zero-order chi connectivity index (χ0) is 28.0. The van der Waals surface area contributed by atoms with E-state index >= 15 is 0 Å². The maximum atomic E-state index is 13.9. The number of hydrogen-bond acceptors (Lipinski definition) is 7. The number of H-pyrrole nitrogens is 1. The minimum atomic E-state index is -0.819. The van der Waals surface area contributed by atoms with E-state index < -0.39 is 23.0 Å². The molecule has 0 spiro atoms. The molecular formula is C28H19Cl2N3O5S2. The number of carbonyl (C=O) groups is 3. The van der Waals surface area contributed by atoms with Crippen LogP contribution in [0.4, 0.5) is 11.4 Å². The first kappa shape index (κ1) is 26.6. The number of aromatic amines is 1. The smallest absolute Gasteiger partial charge is 0.305 e. The quantitative estimate of drug-likeness (QED) is 0.276. The minimum absolute atomic E-state index is 0.297. The number of para-hydroxylation sites is 1. The van der Waals surface area contributed by atoms with Gasteiger partial charge >= 0.3 is 4.87 Å². The minimum Gasteiger partial charge on any atom is -0.483 e. The van der Waals surface area contributed by atoms with E-state index in [0.29, 0.717) is 42.6 Å². The molecule has 2 N–H and O–H groups in total. The van der Waals surface area contributed by atoms with Crippen molar-refractivity contribution in [3.8, 4) is 5.75 Å². The first-order chi connectivity index (χ1) is 19.3. The first-order valence-electron chi connectivity index (χ1n) is 12.1. The summed E-state index contributed by atoms with van der Waals surface area (Å²) in [4.78, 5) is 56.9. The first-order valence-corrected chi connectivity index (χ1v) is 14.6. The van der Waals surface area contributed by atoms with E-state index in [1.165, 1.54) is 16.7 Å². The molecule has 1 aromatic heterocycles. The predicted molar refractivity (Wildman–Crippen MR) is 156 cm³/mol. The van der Waals surface area contributed by atoms with E-state index in [9.17, 15) is 19.2 Å². The lowest BCUT2D eigenvalue weighted by Gasteiger charge is -2.31. The average Bonchev–Trinajstić information content (AvgIpc) is 3.43. The maximum absolute atomic E-state index is 13.9. The fraction of sp³-hybridized carbons (Fsp3) is 0.143. The van der Waals surface area contributed by atoms with E-state index in [-0.39, 0.29) is 23.3 Å². The number of anilines is 2. The Morgan fingerprint density at radius 1 is 0.950 bits per heavy atom. The number of nitrogens with zero attached hydrogens (tertiary/aromatic N) is 1. The highest BCUT2D eigenvalue weighted by atomic mass is 35.5. The molecule has 4 aromatic rings. The number of thioether (sulfide) groups is 1. The summed E-state index contributed by atoms with van der Waals surface area (Å²) in [6, 6.07) is 20.3. The predicted octanol–water partition coefficient (Wildman–Crippen LogP) is 5.56. The van der Waals surface area contributed by atoms with Crippen LogP contribution in [0.5, 0.6) is 5.75 Å². The van der Waals surface area contributed by atoms with Crippen molar-refractivity contribution in [2.75, 3.05) is 16.8 Å². The van der Waals surface area contributed by atoms with Crippen molar-refractivity contribution in [1.82, 2.24) is 4.98 Å². The number of hydrogen-bond donors (Lipinski definition) is 2. The number of carbonyl (C=O) groups excluding carboxylic acids is 3. The summed E-state index contributed by atoms with van der Waals surface area (Å²) in [6.07, 6.45) is 0. The molecule has 0 saturated carbocycles. The SMILES string of the molecule is O=C(COc1ccc(Cl)cc1[C@@H]1c2sc(=O)[nH]c2S[C@H]2C(=O)N(c3ccccc3)C(=O)[C@@H]12)Nc1ccc(Cl)cc1. The summed E-state index contributed by atoms with van der Waals surface area (Å²) in [5.74, 6) is -2.35. The number of ether oxygens (including phenoxy) is 1. The van der Waals surface area contributed by atoms with Crippen molar-refractivity contribution in [2.24, 2.45) is 5.92 Å². The molecule has 3 atom stereocenters. The monoisotopic (exact) mass is 611 g/mol. The van der Waals surface area contributed by atoms with E-state index in [0.717, 1.165) is 11.3 Å². The third kappa shape index (κ3) is 4.92. The van der Waals surface area contributed by atoms with Crippen molar-refractivity contribution in [3.05, 3.63) is 103 Å². The van der Waals surface area contributed by atoms with Gasteiger partial charge in [-0.3, -0.25) is 19.2 Å². The molecule has 3 amide bonds. The van der Waals surface area contributed by atoms with Crippen LogP contribution in [0.25, 0.3) is 0 Å². The molecule has 2 aliphatic rings. The Morgan fingerprint density at radius 2 is 1.68 bits per heavy atom. The summed E-state index contributed by atoms with van der Waals surface area (Å²) >= 11 is 14.5. The van der Waals surface area contributed by atoms with Gasteiger partial charge in [0.25, 0.3) is 5.91 Å². The lowest BCUT2D eigenvalue weighted by atomic mass is 9.82. The molecule has 0 aliphatic carbocycles. The van der Waals surface area contributed by atoms with Crippen LogP contribution in [0.3, 0.4) is 0 Å². The summed E-state index contributed by atoms with van der Waals surface area (Å²) in [5, 5.41) is 3.43. The number of imide groups is 1. The Bertz CT molecular complexity index is 1690. The van der Waals surface area contributed by atoms with Crippen molar-refractivity contribution in [3.63, 3.8) is 0 Å². The number of amides is 3. The summed E-state index contributed by atoms with van der Waals surface area (Å²) in [6.45, 7) is -0.327. The summed E-state index contributed by atoms with van der Waals surface area (Å²) in [7, 11) is 0. The van der Waals surface area contributed by atoms with Gasteiger partial charge in [0.15, 0.2) is 6.61 Å². The lowest BCUT2D eigenvalue weighted by Crippen LogP contribution is -2.32. The maximum Gasteiger partial charge on any atom is 0.305 e. The van der Waals surface area contributed by atoms with Gasteiger partial charge in [0, 0.05) is 32.1 Å². The Morgan fingerprint density at radius 3 is 2.42 bits per heavy atom. The molecule has 3 aromatic carbocycles. The molecule has 0 radical (unpaired) electrons. The molecule has 3 heterocycles. The fourth-order valence-electron chi connectivity index (χ4n) is 4.95.